The number of carbonyl (C=O) groups is 1. The van der Waals surface area contributed by atoms with Crippen molar-refractivity contribution in [2.24, 2.45) is 7.05 Å². The van der Waals surface area contributed by atoms with Crippen LogP contribution in [0.4, 0.5) is 4.79 Å². The number of rotatable bonds is 3. The Morgan fingerprint density at radius 2 is 1.94 bits per heavy atom. The molecular formula is C27H30N6O3. The van der Waals surface area contributed by atoms with Crippen LogP contribution in [0.2, 0.25) is 0 Å². The van der Waals surface area contributed by atoms with Crippen molar-refractivity contribution in [3.05, 3.63) is 47.9 Å². The number of fused-ring (bicyclic) bond motifs is 2. The molecule has 1 aromatic carbocycles. The topological polar surface area (TPSA) is 95.3 Å². The fraction of sp³-hybridized carbons (Fsp3) is 0.370. The Balaban J connectivity index is 1.43. The van der Waals surface area contributed by atoms with Crippen LogP contribution in [0.1, 0.15) is 38.4 Å². The van der Waals surface area contributed by atoms with E-state index in [-0.39, 0.29) is 6.09 Å². The summed E-state index contributed by atoms with van der Waals surface area (Å²) in [6.45, 7) is 8.70. The smallest absolute Gasteiger partial charge is 0.410 e. The van der Waals surface area contributed by atoms with E-state index in [1.54, 1.807) is 22.9 Å². The lowest BCUT2D eigenvalue weighted by atomic mass is 10.0. The van der Waals surface area contributed by atoms with Crippen LogP contribution < -0.4 is 4.74 Å². The van der Waals surface area contributed by atoms with E-state index in [0.717, 1.165) is 38.8 Å². The Kier molecular flexibility index (Phi) is 5.86. The minimum atomic E-state index is -0.508. The molecule has 1 aliphatic rings. The summed E-state index contributed by atoms with van der Waals surface area (Å²) in [6, 6.07) is 5.95. The molecule has 5 rings (SSSR count). The van der Waals surface area contributed by atoms with Crippen LogP contribution in [0.5, 0.6) is 5.75 Å². The largest absolute Gasteiger partial charge is 0.496 e. The molecular weight excluding hydrogens is 456 g/mol. The highest BCUT2D eigenvalue weighted by Gasteiger charge is 2.24. The quantitative estimate of drug-likeness (QED) is 0.406. The van der Waals surface area contributed by atoms with Gasteiger partial charge in [0.15, 0.2) is 5.82 Å². The zero-order valence-corrected chi connectivity index (χ0v) is 21.5. The Hall–Kier alpha value is -4.01. The van der Waals surface area contributed by atoms with Gasteiger partial charge in [-0.1, -0.05) is 6.08 Å². The summed E-state index contributed by atoms with van der Waals surface area (Å²) in [7, 11) is 3.55. The minimum absolute atomic E-state index is 0.291. The van der Waals surface area contributed by atoms with E-state index >= 15 is 0 Å². The van der Waals surface area contributed by atoms with Crippen LogP contribution in [-0.4, -0.2) is 61.5 Å². The molecule has 3 aromatic heterocycles. The number of aryl methyl sites for hydroxylation is 2. The highest BCUT2D eigenvalue weighted by atomic mass is 16.6. The van der Waals surface area contributed by atoms with Gasteiger partial charge in [0, 0.05) is 37.3 Å². The molecule has 4 aromatic rings. The zero-order chi connectivity index (χ0) is 25.6. The van der Waals surface area contributed by atoms with E-state index in [2.05, 4.69) is 10.1 Å². The number of hydrogen-bond acceptors (Lipinski definition) is 7. The molecule has 4 heterocycles. The normalized spacial score (nSPS) is 14.3. The number of nitrogens with zero attached hydrogens (tertiary/aromatic N) is 6. The van der Waals surface area contributed by atoms with Crippen LogP contribution in [-0.2, 0) is 11.8 Å². The van der Waals surface area contributed by atoms with Crippen molar-refractivity contribution in [2.45, 2.75) is 39.7 Å². The second kappa shape index (κ2) is 8.89. The first kappa shape index (κ1) is 23.7. The summed E-state index contributed by atoms with van der Waals surface area (Å²) in [5.74, 6) is 1.29. The van der Waals surface area contributed by atoms with Crippen molar-refractivity contribution in [1.29, 1.82) is 0 Å². The molecule has 0 unspecified atom stereocenters. The maximum Gasteiger partial charge on any atom is 0.410 e. The average molecular weight is 487 g/mol. The maximum absolute atomic E-state index is 12.3. The molecule has 1 amide bonds. The molecule has 1 aliphatic heterocycles. The summed E-state index contributed by atoms with van der Waals surface area (Å²) in [6.07, 6.45) is 6.17. The molecule has 0 radical (unpaired) electrons. The predicted molar refractivity (Wildman–Crippen MR) is 139 cm³/mol. The number of carbonyl (C=O) groups excluding carboxylic acids is 1. The van der Waals surface area contributed by atoms with Gasteiger partial charge in [-0.15, -0.1) is 0 Å². The number of amides is 1. The third-order valence-corrected chi connectivity index (χ3v) is 6.17. The summed E-state index contributed by atoms with van der Waals surface area (Å²) in [4.78, 5) is 28.3. The van der Waals surface area contributed by atoms with Gasteiger partial charge in [0.1, 0.15) is 16.9 Å². The zero-order valence-electron chi connectivity index (χ0n) is 21.5. The highest BCUT2D eigenvalue weighted by Crippen LogP contribution is 2.36. The third-order valence-electron chi connectivity index (χ3n) is 6.17. The maximum atomic E-state index is 12.3. The SMILES string of the molecule is COc1c(-c2ncc3nc(C4=CCN(C(=O)OC(C)(C)C)CC4)ccc3n2)cc2cn(C)nc2c1C. The highest BCUT2D eigenvalue weighted by molar-refractivity contribution is 5.91. The van der Waals surface area contributed by atoms with Crippen LogP contribution in [0.3, 0.4) is 0 Å². The van der Waals surface area contributed by atoms with E-state index < -0.39 is 5.60 Å². The summed E-state index contributed by atoms with van der Waals surface area (Å²) in [5.41, 5.74) is 5.59. The first-order chi connectivity index (χ1) is 17.1. The van der Waals surface area contributed by atoms with Crippen molar-refractivity contribution in [2.75, 3.05) is 20.2 Å². The Bertz CT molecular complexity index is 1520. The summed E-state index contributed by atoms with van der Waals surface area (Å²) >= 11 is 0. The van der Waals surface area contributed by atoms with Gasteiger partial charge in [0.2, 0.25) is 0 Å². The van der Waals surface area contributed by atoms with Crippen LogP contribution in [0, 0.1) is 6.92 Å². The van der Waals surface area contributed by atoms with Crippen LogP contribution in [0.15, 0.2) is 36.7 Å². The Morgan fingerprint density at radius 3 is 2.64 bits per heavy atom. The number of methoxy groups -OCH3 is 1. The molecule has 9 heteroatoms. The van der Waals surface area contributed by atoms with Gasteiger partial charge in [-0.05, 0) is 57.9 Å². The monoisotopic (exact) mass is 486 g/mol. The third kappa shape index (κ3) is 4.48. The van der Waals surface area contributed by atoms with Crippen molar-refractivity contribution in [3.63, 3.8) is 0 Å². The molecule has 0 saturated heterocycles. The Morgan fingerprint density at radius 1 is 1.14 bits per heavy atom. The molecule has 0 aliphatic carbocycles. The molecule has 0 spiro atoms. The fourth-order valence-corrected chi connectivity index (χ4v) is 4.49. The van der Waals surface area contributed by atoms with Crippen molar-refractivity contribution >= 4 is 33.6 Å². The van der Waals surface area contributed by atoms with Gasteiger partial charge in [-0.2, -0.15) is 5.10 Å². The lowest BCUT2D eigenvalue weighted by molar-refractivity contribution is 0.0270. The van der Waals surface area contributed by atoms with Gasteiger partial charge < -0.3 is 14.4 Å². The van der Waals surface area contributed by atoms with E-state index in [1.807, 2.05) is 65.2 Å². The average Bonchev–Trinajstić information content (AvgIpc) is 3.23. The number of pyridine rings is 1. The first-order valence-electron chi connectivity index (χ1n) is 12.0. The number of aromatic nitrogens is 5. The minimum Gasteiger partial charge on any atom is -0.496 e. The predicted octanol–water partition coefficient (Wildman–Crippen LogP) is 4.92. The Labute approximate surface area is 209 Å². The molecule has 0 saturated carbocycles. The van der Waals surface area contributed by atoms with Gasteiger partial charge in [-0.3, -0.25) is 4.68 Å². The molecule has 9 nitrogen and oxygen atoms in total. The van der Waals surface area contributed by atoms with Crippen LogP contribution in [0.25, 0.3) is 38.9 Å². The summed E-state index contributed by atoms with van der Waals surface area (Å²) in [5, 5.41) is 5.55. The second-order valence-corrected chi connectivity index (χ2v) is 10.0. The lowest BCUT2D eigenvalue weighted by Crippen LogP contribution is -2.39. The second-order valence-electron chi connectivity index (χ2n) is 10.0. The van der Waals surface area contributed by atoms with Gasteiger partial charge in [-0.25, -0.2) is 19.7 Å². The van der Waals surface area contributed by atoms with Gasteiger partial charge in [0.05, 0.1) is 35.6 Å². The van der Waals surface area contributed by atoms with E-state index in [0.29, 0.717) is 36.6 Å². The van der Waals surface area contributed by atoms with E-state index in [1.165, 1.54) is 0 Å². The van der Waals surface area contributed by atoms with E-state index in [9.17, 15) is 4.79 Å². The van der Waals surface area contributed by atoms with Gasteiger partial charge in [0.25, 0.3) is 0 Å². The fourth-order valence-electron chi connectivity index (χ4n) is 4.49. The lowest BCUT2D eigenvalue weighted by Gasteiger charge is -2.29. The molecule has 0 N–H and O–H groups in total. The standard InChI is InChI=1S/C27H30N6O3/c1-16-23-18(15-32(5)31-23)13-19(24(16)35-6)25-28-14-22-21(30-25)8-7-20(29-22)17-9-11-33(12-10-17)26(34)36-27(2,3)4/h7-9,13-15H,10-12H2,1-6H3. The van der Waals surface area contributed by atoms with Crippen molar-refractivity contribution < 1.29 is 14.3 Å². The first-order valence-corrected chi connectivity index (χ1v) is 12.0. The van der Waals surface area contributed by atoms with Crippen molar-refractivity contribution in [3.8, 4) is 17.1 Å². The molecule has 36 heavy (non-hydrogen) atoms. The van der Waals surface area contributed by atoms with Gasteiger partial charge >= 0.3 is 6.09 Å². The van der Waals surface area contributed by atoms with E-state index in [4.69, 9.17) is 19.4 Å². The molecule has 0 atom stereocenters. The molecule has 0 fully saturated rings. The van der Waals surface area contributed by atoms with Crippen LogP contribution >= 0.6 is 0 Å². The molecule has 0 bridgehead atoms. The van der Waals surface area contributed by atoms with Crippen molar-refractivity contribution in [1.82, 2.24) is 29.6 Å². The number of ether oxygens (including phenoxy) is 2. The summed E-state index contributed by atoms with van der Waals surface area (Å²) < 4.78 is 13.0. The molecule has 186 valence electrons. The number of hydrogen-bond donors (Lipinski definition) is 0. The number of benzene rings is 1.